The average molecular weight is 233 g/mol. The van der Waals surface area contributed by atoms with E-state index in [2.05, 4.69) is 4.99 Å². The Kier molecular flexibility index (Phi) is 4.58. The van der Waals surface area contributed by atoms with Crippen LogP contribution in [-0.2, 0) is 4.74 Å². The molecule has 0 fully saturated rings. The molecular weight excluding hydrogens is 219 g/mol. The second-order valence-electron chi connectivity index (χ2n) is 3.44. The van der Waals surface area contributed by atoms with Crippen molar-refractivity contribution in [3.63, 3.8) is 0 Å². The Morgan fingerprint density at radius 1 is 1.56 bits per heavy atom. The van der Waals surface area contributed by atoms with E-state index < -0.39 is 11.7 Å². The Balaban J connectivity index is 2.52. The summed E-state index contributed by atoms with van der Waals surface area (Å²) in [6.45, 7) is 2.65. The Labute approximate surface area is 92.5 Å². The number of hydrogen-bond acceptors (Lipinski definition) is 2. The van der Waals surface area contributed by atoms with E-state index in [0.717, 1.165) is 6.08 Å². The molecule has 0 N–H and O–H groups in total. The minimum atomic E-state index is -4.27. The summed E-state index contributed by atoms with van der Waals surface area (Å²) in [6, 6.07) is 0. The maximum Gasteiger partial charge on any atom is 0.416 e. The van der Waals surface area contributed by atoms with Crippen molar-refractivity contribution in [3.8, 4) is 0 Å². The van der Waals surface area contributed by atoms with E-state index in [0.29, 0.717) is 19.6 Å². The molecule has 0 radical (unpaired) electrons. The molecule has 0 saturated heterocycles. The van der Waals surface area contributed by atoms with Crippen LogP contribution in [-0.4, -0.2) is 25.7 Å². The summed E-state index contributed by atoms with van der Waals surface area (Å²) < 4.78 is 42.0. The van der Waals surface area contributed by atoms with Gasteiger partial charge in [0, 0.05) is 12.5 Å². The highest BCUT2D eigenvalue weighted by atomic mass is 19.4. The number of allylic oxidation sites excluding steroid dienone is 3. The predicted molar refractivity (Wildman–Crippen MR) is 56.4 cm³/mol. The molecule has 0 bridgehead atoms. The molecule has 1 aliphatic rings. The summed E-state index contributed by atoms with van der Waals surface area (Å²) in [7, 11) is 0. The fraction of sp³-hybridized carbons (Fsp3) is 0.545. The highest BCUT2D eigenvalue weighted by Crippen LogP contribution is 2.31. The van der Waals surface area contributed by atoms with Crippen molar-refractivity contribution in [2.45, 2.75) is 19.5 Å². The van der Waals surface area contributed by atoms with Gasteiger partial charge in [0.25, 0.3) is 0 Å². The highest BCUT2D eigenvalue weighted by molar-refractivity contribution is 5.46. The number of hydrogen-bond donors (Lipinski definition) is 0. The fourth-order valence-corrected chi connectivity index (χ4v) is 1.37. The first-order chi connectivity index (χ1) is 7.54. The molecule has 16 heavy (non-hydrogen) atoms. The van der Waals surface area contributed by atoms with E-state index in [9.17, 15) is 13.2 Å². The maximum absolute atomic E-state index is 12.4. The molecule has 2 nitrogen and oxygen atoms in total. The van der Waals surface area contributed by atoms with Gasteiger partial charge in [-0.2, -0.15) is 13.2 Å². The van der Waals surface area contributed by atoms with Crippen molar-refractivity contribution >= 4 is 6.40 Å². The molecule has 0 aliphatic heterocycles. The Bertz CT molecular complexity index is 305. The van der Waals surface area contributed by atoms with Crippen molar-refractivity contribution < 1.29 is 17.9 Å². The first kappa shape index (κ1) is 12.8. The predicted octanol–water partition coefficient (Wildman–Crippen LogP) is 3.12. The van der Waals surface area contributed by atoms with Gasteiger partial charge in [-0.1, -0.05) is 18.2 Å². The molecule has 0 aromatic rings. The molecule has 0 heterocycles. The standard InChI is InChI=1S/C11H14F3NO/c1-2-16-8-15-7-9-4-3-5-10(6-9)11(12,13)14/h3,5-6,8-9H,2,4,7H2,1H3. The molecule has 90 valence electrons. The smallest absolute Gasteiger partial charge is 0.416 e. The first-order valence-electron chi connectivity index (χ1n) is 5.09. The molecular formula is C11H14F3NO. The zero-order valence-electron chi connectivity index (χ0n) is 9.00. The lowest BCUT2D eigenvalue weighted by Crippen LogP contribution is -2.15. The zero-order chi connectivity index (χ0) is 12.0. The average Bonchev–Trinajstić information content (AvgIpc) is 2.24. The van der Waals surface area contributed by atoms with E-state index in [4.69, 9.17) is 4.74 Å². The minimum Gasteiger partial charge on any atom is -0.484 e. The van der Waals surface area contributed by atoms with Gasteiger partial charge < -0.3 is 4.74 Å². The summed E-state index contributed by atoms with van der Waals surface area (Å²) in [6.07, 6.45) is 1.48. The third-order valence-corrected chi connectivity index (χ3v) is 2.13. The quantitative estimate of drug-likeness (QED) is 0.540. The summed E-state index contributed by atoms with van der Waals surface area (Å²) in [5, 5.41) is 0. The Morgan fingerprint density at radius 3 is 2.94 bits per heavy atom. The first-order valence-corrected chi connectivity index (χ1v) is 5.09. The van der Waals surface area contributed by atoms with Crippen LogP contribution in [0.1, 0.15) is 13.3 Å². The zero-order valence-corrected chi connectivity index (χ0v) is 9.00. The van der Waals surface area contributed by atoms with Crippen molar-refractivity contribution in [2.24, 2.45) is 10.9 Å². The van der Waals surface area contributed by atoms with Gasteiger partial charge in [0.15, 0.2) is 6.40 Å². The van der Waals surface area contributed by atoms with Crippen LogP contribution in [0.5, 0.6) is 0 Å². The number of aliphatic imine (C=N–C) groups is 1. The Morgan fingerprint density at radius 2 is 2.31 bits per heavy atom. The number of halogens is 3. The van der Waals surface area contributed by atoms with Crippen molar-refractivity contribution in [1.29, 1.82) is 0 Å². The molecule has 1 atom stereocenters. The molecule has 1 unspecified atom stereocenters. The molecule has 0 aromatic carbocycles. The lowest BCUT2D eigenvalue weighted by atomic mass is 9.96. The van der Waals surface area contributed by atoms with E-state index in [-0.39, 0.29) is 5.92 Å². The number of ether oxygens (including phenoxy) is 1. The van der Waals surface area contributed by atoms with Crippen LogP contribution >= 0.6 is 0 Å². The van der Waals surface area contributed by atoms with Crippen LogP contribution in [0.4, 0.5) is 13.2 Å². The van der Waals surface area contributed by atoms with Crippen LogP contribution < -0.4 is 0 Å². The van der Waals surface area contributed by atoms with Gasteiger partial charge in [-0.3, -0.25) is 4.99 Å². The lowest BCUT2D eigenvalue weighted by molar-refractivity contribution is -0.0889. The maximum atomic E-state index is 12.4. The van der Waals surface area contributed by atoms with Gasteiger partial charge in [0.05, 0.1) is 12.2 Å². The monoisotopic (exact) mass is 233 g/mol. The van der Waals surface area contributed by atoms with Crippen LogP contribution in [0.15, 0.2) is 28.8 Å². The van der Waals surface area contributed by atoms with E-state index >= 15 is 0 Å². The molecule has 0 amide bonds. The second-order valence-corrected chi connectivity index (χ2v) is 3.44. The highest BCUT2D eigenvalue weighted by Gasteiger charge is 2.33. The van der Waals surface area contributed by atoms with Crippen molar-refractivity contribution in [3.05, 3.63) is 23.8 Å². The van der Waals surface area contributed by atoms with Gasteiger partial charge in [0.1, 0.15) is 0 Å². The topological polar surface area (TPSA) is 21.6 Å². The number of rotatable bonds is 4. The largest absolute Gasteiger partial charge is 0.484 e. The normalized spacial score (nSPS) is 21.2. The molecule has 1 aliphatic carbocycles. The van der Waals surface area contributed by atoms with E-state index in [1.807, 2.05) is 6.92 Å². The van der Waals surface area contributed by atoms with Crippen molar-refractivity contribution in [2.75, 3.05) is 13.2 Å². The fourth-order valence-electron chi connectivity index (χ4n) is 1.37. The van der Waals surface area contributed by atoms with Gasteiger partial charge in [-0.15, -0.1) is 0 Å². The van der Waals surface area contributed by atoms with Crippen LogP contribution in [0.25, 0.3) is 0 Å². The molecule has 5 heteroatoms. The third-order valence-electron chi connectivity index (χ3n) is 2.13. The molecule has 1 rings (SSSR count). The number of alkyl halides is 3. The molecule has 0 aromatic heterocycles. The van der Waals surface area contributed by atoms with Gasteiger partial charge in [0.2, 0.25) is 0 Å². The lowest BCUT2D eigenvalue weighted by Gasteiger charge is -2.16. The van der Waals surface area contributed by atoms with Gasteiger partial charge >= 0.3 is 6.18 Å². The van der Waals surface area contributed by atoms with E-state index in [1.165, 1.54) is 18.6 Å². The summed E-state index contributed by atoms with van der Waals surface area (Å²) in [4.78, 5) is 3.91. The molecule has 0 spiro atoms. The van der Waals surface area contributed by atoms with E-state index in [1.54, 1.807) is 0 Å². The SMILES string of the molecule is CCOC=NCC1C=C(C(F)(F)F)C=CC1. The summed E-state index contributed by atoms with van der Waals surface area (Å²) >= 11 is 0. The minimum absolute atomic E-state index is 0.196. The van der Waals surface area contributed by atoms with Gasteiger partial charge in [-0.25, -0.2) is 0 Å². The summed E-state index contributed by atoms with van der Waals surface area (Å²) in [5.41, 5.74) is -0.588. The molecule has 0 saturated carbocycles. The van der Waals surface area contributed by atoms with Gasteiger partial charge in [-0.05, 0) is 13.3 Å². The number of nitrogens with zero attached hydrogens (tertiary/aromatic N) is 1. The van der Waals surface area contributed by atoms with Crippen LogP contribution in [0.2, 0.25) is 0 Å². The third kappa shape index (κ3) is 4.08. The van der Waals surface area contributed by atoms with Crippen molar-refractivity contribution in [1.82, 2.24) is 0 Å². The summed E-state index contributed by atoms with van der Waals surface area (Å²) in [5.74, 6) is -0.196. The second kappa shape index (κ2) is 5.72. The van der Waals surface area contributed by atoms with Crippen LogP contribution in [0, 0.1) is 5.92 Å². The van der Waals surface area contributed by atoms with Crippen LogP contribution in [0.3, 0.4) is 0 Å². The Hall–Kier alpha value is -1.26.